The molecule has 6 nitrogen and oxygen atoms in total. The summed E-state index contributed by atoms with van der Waals surface area (Å²) in [6.07, 6.45) is -0.281. The zero-order valence-corrected chi connectivity index (χ0v) is 8.20. The van der Waals surface area contributed by atoms with Gasteiger partial charge in [-0.15, -0.1) is 0 Å². The Hall–Kier alpha value is -0.920. The van der Waals surface area contributed by atoms with Crippen LogP contribution in [0.4, 0.5) is 0 Å². The van der Waals surface area contributed by atoms with Gasteiger partial charge in [-0.2, -0.15) is 17.8 Å². The maximum atomic E-state index is 11.1. The fourth-order valence-electron chi connectivity index (χ4n) is 1.04. The maximum absolute atomic E-state index is 11.1. The molecule has 0 bridgehead atoms. The fraction of sp³-hybridized carbons (Fsp3) is 0.571. The number of carbonyl (C=O) groups is 3. The first kappa shape index (κ1) is 11.2. The van der Waals surface area contributed by atoms with Gasteiger partial charge in [-0.1, -0.05) is 0 Å². The number of imide groups is 1. The predicted octanol–water partition coefficient (Wildman–Crippen LogP) is -0.183. The lowest BCUT2D eigenvalue weighted by molar-refractivity contribution is -1.12. The summed E-state index contributed by atoms with van der Waals surface area (Å²) in [6.45, 7) is 0. The van der Waals surface area contributed by atoms with E-state index < -0.39 is 22.6 Å². The first-order chi connectivity index (χ1) is 6.50. The molecule has 0 unspecified atom stereocenters. The largest absolute Gasteiger partial charge is 0.397 e. The van der Waals surface area contributed by atoms with E-state index in [0.29, 0.717) is 0 Å². The quantitative estimate of drug-likeness (QED) is 0.298. The molecule has 1 heterocycles. The van der Waals surface area contributed by atoms with Crippen LogP contribution < -0.4 is 0 Å². The van der Waals surface area contributed by atoms with E-state index in [1.165, 1.54) is 0 Å². The number of amides is 2. The van der Waals surface area contributed by atoms with E-state index in [9.17, 15) is 19.6 Å². The first-order valence-electron chi connectivity index (χ1n) is 4.02. The smallest absolute Gasteiger partial charge is 0.245 e. The summed E-state index contributed by atoms with van der Waals surface area (Å²) in [5, 5.41) is 9.40. The molecular weight excluding hydrogens is 210 g/mol. The molecule has 7 heteroatoms. The summed E-state index contributed by atoms with van der Waals surface area (Å²) in [4.78, 5) is 35.6. The second kappa shape index (κ2) is 4.07. The number of hydrogen-bond donors (Lipinski definition) is 2. The minimum Gasteiger partial charge on any atom is -0.245 e. The van der Waals surface area contributed by atoms with Gasteiger partial charge in [0.05, 0.1) is 19.3 Å². The van der Waals surface area contributed by atoms with Crippen LogP contribution in [0, 0.1) is 0 Å². The van der Waals surface area contributed by atoms with Gasteiger partial charge in [0.25, 0.3) is 0 Å². The number of nitrogens with zero attached hydrogens (tertiary/aromatic N) is 1. The zero-order chi connectivity index (χ0) is 10.8. The van der Waals surface area contributed by atoms with Crippen molar-refractivity contribution in [2.45, 2.75) is 19.3 Å². The minimum atomic E-state index is -1.84. The summed E-state index contributed by atoms with van der Waals surface area (Å²) in [5.41, 5.74) is 0. The van der Waals surface area contributed by atoms with Gasteiger partial charge in [0.2, 0.25) is 0 Å². The van der Waals surface area contributed by atoms with Gasteiger partial charge in [-0.25, -0.2) is 19.2 Å². The van der Waals surface area contributed by atoms with Crippen LogP contribution >= 0.6 is 12.6 Å². The Morgan fingerprint density at radius 1 is 1.43 bits per heavy atom. The van der Waals surface area contributed by atoms with Crippen molar-refractivity contribution in [2.24, 2.45) is 0 Å². The Balaban J connectivity index is 2.69. The van der Waals surface area contributed by atoms with Crippen LogP contribution in [0.1, 0.15) is 19.3 Å². The molecule has 14 heavy (non-hydrogen) atoms. The van der Waals surface area contributed by atoms with Gasteiger partial charge in [-0.05, 0) is 0 Å². The Kier molecular flexibility index (Phi) is 3.25. The molecule has 0 aromatic heterocycles. The lowest BCUT2D eigenvalue weighted by Crippen LogP contribution is -2.50. The molecule has 0 saturated carbocycles. The molecule has 0 aromatic carbocycles. The van der Waals surface area contributed by atoms with E-state index in [0.717, 1.165) is 0 Å². The number of thiol groups is 1. The van der Waals surface area contributed by atoms with E-state index in [4.69, 9.17) is 0 Å². The molecule has 2 amide bonds. The fourth-order valence-corrected chi connectivity index (χ4v) is 1.22. The summed E-state index contributed by atoms with van der Waals surface area (Å²) in [6, 6.07) is 0. The van der Waals surface area contributed by atoms with Crippen molar-refractivity contribution in [3.05, 3.63) is 0 Å². The molecule has 1 aliphatic rings. The van der Waals surface area contributed by atoms with Crippen molar-refractivity contribution in [2.75, 3.05) is 5.75 Å². The van der Waals surface area contributed by atoms with Crippen LogP contribution in [0.15, 0.2) is 0 Å². The summed E-state index contributed by atoms with van der Waals surface area (Å²) in [5.74, 6) is -2.24. The Morgan fingerprint density at radius 3 is 2.36 bits per heavy atom. The van der Waals surface area contributed by atoms with Crippen molar-refractivity contribution in [3.63, 3.8) is 0 Å². The lowest BCUT2D eigenvalue weighted by Gasteiger charge is -2.15. The molecule has 0 atom stereocenters. The monoisotopic (exact) mass is 220 g/mol. The molecule has 0 spiro atoms. The van der Waals surface area contributed by atoms with Crippen molar-refractivity contribution < 1.29 is 29.2 Å². The Labute approximate surface area is 85.3 Å². The summed E-state index contributed by atoms with van der Waals surface area (Å²) < 4.78 is 0. The lowest BCUT2D eigenvalue weighted by atomic mass is 10.4. The highest BCUT2D eigenvalue weighted by Gasteiger charge is 2.55. The summed E-state index contributed by atoms with van der Waals surface area (Å²) in [7, 11) is 0. The second-order valence-corrected chi connectivity index (χ2v) is 3.25. The van der Waals surface area contributed by atoms with E-state index in [-0.39, 0.29) is 25.0 Å². The van der Waals surface area contributed by atoms with E-state index in [2.05, 4.69) is 17.5 Å². The molecule has 0 aromatic rings. The predicted molar refractivity (Wildman–Crippen MR) is 45.9 cm³/mol. The van der Waals surface area contributed by atoms with Crippen LogP contribution in [0.5, 0.6) is 0 Å². The Morgan fingerprint density at radius 2 is 1.93 bits per heavy atom. The zero-order valence-electron chi connectivity index (χ0n) is 7.30. The van der Waals surface area contributed by atoms with Crippen LogP contribution in [-0.2, 0) is 19.2 Å². The topological polar surface area (TPSA) is 80.7 Å². The number of rotatable bonds is 3. The number of hydroxylamine groups is 4. The molecular formula is C7H10NO5S+. The molecule has 1 saturated heterocycles. The van der Waals surface area contributed by atoms with Crippen molar-refractivity contribution in [1.82, 2.24) is 0 Å². The molecule has 1 N–H and O–H groups in total. The van der Waals surface area contributed by atoms with E-state index in [1.54, 1.807) is 0 Å². The average Bonchev–Trinajstić information content (AvgIpc) is 2.34. The average molecular weight is 220 g/mol. The highest BCUT2D eigenvalue weighted by molar-refractivity contribution is 7.80. The van der Waals surface area contributed by atoms with Crippen LogP contribution in [0.3, 0.4) is 0 Å². The van der Waals surface area contributed by atoms with Crippen molar-refractivity contribution in [1.29, 1.82) is 0 Å². The Bertz CT molecular complexity index is 274. The number of quaternary nitrogens is 1. The van der Waals surface area contributed by atoms with Gasteiger partial charge in [0, 0.05) is 5.75 Å². The van der Waals surface area contributed by atoms with Crippen molar-refractivity contribution in [3.8, 4) is 0 Å². The maximum Gasteiger partial charge on any atom is 0.397 e. The van der Waals surface area contributed by atoms with Crippen LogP contribution in [0.2, 0.25) is 0 Å². The third-order valence-corrected chi connectivity index (χ3v) is 2.00. The van der Waals surface area contributed by atoms with Gasteiger partial charge >= 0.3 is 17.8 Å². The molecule has 0 aliphatic carbocycles. The van der Waals surface area contributed by atoms with E-state index in [1.807, 2.05) is 0 Å². The van der Waals surface area contributed by atoms with Gasteiger partial charge in [0.1, 0.15) is 4.81 Å². The third-order valence-electron chi connectivity index (χ3n) is 1.78. The van der Waals surface area contributed by atoms with Crippen LogP contribution in [0.25, 0.3) is 0 Å². The third kappa shape index (κ3) is 1.94. The van der Waals surface area contributed by atoms with Gasteiger partial charge < -0.3 is 0 Å². The molecule has 1 aliphatic heterocycles. The number of carbonyl (C=O) groups excluding carboxylic acids is 3. The normalized spacial score (nSPS) is 19.9. The summed E-state index contributed by atoms with van der Waals surface area (Å²) >= 11 is 3.77. The SMILES string of the molecule is O=C(CCS)O[N+]1(O)C(=O)CCC1=O. The van der Waals surface area contributed by atoms with Crippen LogP contribution in [-0.4, -0.2) is 33.6 Å². The molecule has 78 valence electrons. The highest BCUT2D eigenvalue weighted by Crippen LogP contribution is 2.20. The molecule has 1 fully saturated rings. The van der Waals surface area contributed by atoms with Gasteiger partial charge in [0.15, 0.2) is 0 Å². The van der Waals surface area contributed by atoms with Gasteiger partial charge in [-0.3, -0.25) is 0 Å². The molecule has 0 radical (unpaired) electrons. The number of hydrogen-bond acceptors (Lipinski definition) is 6. The van der Waals surface area contributed by atoms with Crippen molar-refractivity contribution >= 4 is 30.4 Å². The highest BCUT2D eigenvalue weighted by atomic mass is 32.1. The molecule has 1 rings (SSSR count). The second-order valence-electron chi connectivity index (χ2n) is 2.80. The minimum absolute atomic E-state index is 0.0652. The standard InChI is InChI=1S/C7H9NO5S/c9-5-1-2-6(10)8(5,12)13-7(11)3-4-14/h12H,1-4H2/p+1. The van der Waals surface area contributed by atoms with E-state index >= 15 is 0 Å². The first-order valence-corrected chi connectivity index (χ1v) is 4.66.